The summed E-state index contributed by atoms with van der Waals surface area (Å²) in [6, 6.07) is 5.42. The minimum Gasteiger partial charge on any atom is -0.385 e. The molecule has 0 bridgehead atoms. The maximum absolute atomic E-state index is 9.87. The SMILES string of the molecule is OC(CNc1cncc(Br)n1)c1ccccn1. The summed E-state index contributed by atoms with van der Waals surface area (Å²) in [6.45, 7) is 0.335. The molecule has 0 aliphatic heterocycles. The van der Waals surface area contributed by atoms with Gasteiger partial charge in [0.25, 0.3) is 0 Å². The monoisotopic (exact) mass is 294 g/mol. The predicted octanol–water partition coefficient (Wildman–Crippen LogP) is 1.78. The van der Waals surface area contributed by atoms with E-state index in [1.54, 1.807) is 24.7 Å². The van der Waals surface area contributed by atoms with Gasteiger partial charge in [-0.3, -0.25) is 9.97 Å². The van der Waals surface area contributed by atoms with Crippen LogP contribution in [0.1, 0.15) is 11.8 Å². The molecule has 0 fully saturated rings. The van der Waals surface area contributed by atoms with Crippen LogP contribution in [0.4, 0.5) is 5.82 Å². The largest absolute Gasteiger partial charge is 0.385 e. The van der Waals surface area contributed by atoms with Crippen molar-refractivity contribution in [3.63, 3.8) is 0 Å². The van der Waals surface area contributed by atoms with Gasteiger partial charge in [-0.05, 0) is 28.1 Å². The third kappa shape index (κ3) is 3.47. The number of nitrogens with one attached hydrogen (secondary N) is 1. The molecule has 88 valence electrons. The van der Waals surface area contributed by atoms with Gasteiger partial charge in [-0.1, -0.05) is 6.07 Å². The van der Waals surface area contributed by atoms with Crippen molar-refractivity contribution in [2.45, 2.75) is 6.10 Å². The molecule has 1 atom stereocenters. The molecule has 0 aliphatic rings. The number of nitrogens with zero attached hydrogens (tertiary/aromatic N) is 3. The lowest BCUT2D eigenvalue weighted by Gasteiger charge is -2.11. The topological polar surface area (TPSA) is 70.9 Å². The number of pyridine rings is 1. The van der Waals surface area contributed by atoms with Crippen molar-refractivity contribution in [1.29, 1.82) is 0 Å². The van der Waals surface area contributed by atoms with E-state index < -0.39 is 6.10 Å². The highest BCUT2D eigenvalue weighted by atomic mass is 79.9. The molecule has 2 heterocycles. The fourth-order valence-corrected chi connectivity index (χ4v) is 1.62. The first-order valence-corrected chi connectivity index (χ1v) is 5.85. The fourth-order valence-electron chi connectivity index (χ4n) is 1.31. The number of aliphatic hydroxyl groups excluding tert-OH is 1. The van der Waals surface area contributed by atoms with Crippen molar-refractivity contribution in [3.05, 3.63) is 47.1 Å². The summed E-state index contributed by atoms with van der Waals surface area (Å²) in [7, 11) is 0. The molecule has 0 radical (unpaired) electrons. The Hall–Kier alpha value is -1.53. The summed E-state index contributed by atoms with van der Waals surface area (Å²) in [5.41, 5.74) is 0.628. The van der Waals surface area contributed by atoms with Crippen molar-refractivity contribution >= 4 is 21.7 Å². The molecule has 0 saturated heterocycles. The van der Waals surface area contributed by atoms with E-state index in [9.17, 15) is 5.11 Å². The van der Waals surface area contributed by atoms with Crippen LogP contribution < -0.4 is 5.32 Å². The van der Waals surface area contributed by atoms with Gasteiger partial charge in [0.2, 0.25) is 0 Å². The van der Waals surface area contributed by atoms with Gasteiger partial charge in [-0.15, -0.1) is 0 Å². The summed E-state index contributed by atoms with van der Waals surface area (Å²) in [6.07, 6.45) is 4.17. The van der Waals surface area contributed by atoms with Gasteiger partial charge in [0, 0.05) is 12.7 Å². The Morgan fingerprint density at radius 2 is 2.24 bits per heavy atom. The average Bonchev–Trinajstić information content (AvgIpc) is 2.37. The number of anilines is 1. The Labute approximate surface area is 107 Å². The van der Waals surface area contributed by atoms with Crippen molar-refractivity contribution in [2.24, 2.45) is 0 Å². The van der Waals surface area contributed by atoms with E-state index in [4.69, 9.17) is 0 Å². The van der Waals surface area contributed by atoms with E-state index in [1.807, 2.05) is 12.1 Å². The van der Waals surface area contributed by atoms with E-state index in [2.05, 4.69) is 36.2 Å². The number of rotatable bonds is 4. The first kappa shape index (κ1) is 11.9. The van der Waals surface area contributed by atoms with Gasteiger partial charge >= 0.3 is 0 Å². The Morgan fingerprint density at radius 1 is 1.35 bits per heavy atom. The lowest BCUT2D eigenvalue weighted by molar-refractivity contribution is 0.186. The second kappa shape index (κ2) is 5.70. The summed E-state index contributed by atoms with van der Waals surface area (Å²) < 4.78 is 0.648. The van der Waals surface area contributed by atoms with E-state index in [-0.39, 0.29) is 0 Å². The van der Waals surface area contributed by atoms with E-state index >= 15 is 0 Å². The summed E-state index contributed by atoms with van der Waals surface area (Å²) in [5, 5.41) is 12.9. The van der Waals surface area contributed by atoms with Gasteiger partial charge in [0.1, 0.15) is 16.5 Å². The minimum absolute atomic E-state index is 0.335. The van der Waals surface area contributed by atoms with Crippen LogP contribution in [0, 0.1) is 0 Å². The molecule has 0 saturated carbocycles. The smallest absolute Gasteiger partial charge is 0.145 e. The molecule has 2 aromatic rings. The minimum atomic E-state index is -0.669. The Morgan fingerprint density at radius 3 is 2.94 bits per heavy atom. The van der Waals surface area contributed by atoms with Gasteiger partial charge in [-0.25, -0.2) is 4.98 Å². The second-order valence-corrected chi connectivity index (χ2v) is 4.19. The van der Waals surface area contributed by atoms with Crippen LogP contribution >= 0.6 is 15.9 Å². The molecule has 5 nitrogen and oxygen atoms in total. The zero-order valence-corrected chi connectivity index (χ0v) is 10.5. The van der Waals surface area contributed by atoms with Gasteiger partial charge in [0.15, 0.2) is 0 Å². The third-order valence-electron chi connectivity index (χ3n) is 2.11. The maximum atomic E-state index is 9.87. The van der Waals surface area contributed by atoms with Crippen LogP contribution in [0.5, 0.6) is 0 Å². The second-order valence-electron chi connectivity index (χ2n) is 3.38. The molecule has 0 amide bonds. The lowest BCUT2D eigenvalue weighted by Crippen LogP contribution is -2.14. The number of hydrogen-bond acceptors (Lipinski definition) is 5. The fraction of sp³-hybridized carbons (Fsp3) is 0.182. The average molecular weight is 295 g/mol. The highest BCUT2D eigenvalue weighted by Crippen LogP contribution is 2.11. The van der Waals surface area contributed by atoms with Crippen LogP contribution in [0.2, 0.25) is 0 Å². The summed E-state index contributed by atoms with van der Waals surface area (Å²) in [5.74, 6) is 0.606. The molecule has 1 unspecified atom stereocenters. The van der Waals surface area contributed by atoms with Gasteiger partial charge < -0.3 is 10.4 Å². The molecule has 2 aromatic heterocycles. The molecule has 2 N–H and O–H groups in total. The van der Waals surface area contributed by atoms with Crippen LogP contribution in [0.25, 0.3) is 0 Å². The van der Waals surface area contributed by atoms with E-state index in [1.165, 1.54) is 0 Å². The molecule has 2 rings (SSSR count). The Kier molecular flexibility index (Phi) is 4.00. The van der Waals surface area contributed by atoms with Gasteiger partial charge in [-0.2, -0.15) is 0 Å². The van der Waals surface area contributed by atoms with Crippen molar-refractivity contribution < 1.29 is 5.11 Å². The van der Waals surface area contributed by atoms with Crippen LogP contribution in [-0.4, -0.2) is 26.6 Å². The van der Waals surface area contributed by atoms with Crippen molar-refractivity contribution in [1.82, 2.24) is 15.0 Å². The number of hydrogen-bond donors (Lipinski definition) is 2. The molecule has 0 aliphatic carbocycles. The standard InChI is InChI=1S/C11H11BrN4O/c12-10-6-13-7-11(16-10)15-5-9(17)8-3-1-2-4-14-8/h1-4,6-7,9,17H,5H2,(H,15,16). The summed E-state index contributed by atoms with van der Waals surface area (Å²) >= 11 is 3.23. The number of aliphatic hydroxyl groups is 1. The zero-order chi connectivity index (χ0) is 12.1. The highest BCUT2D eigenvalue weighted by Gasteiger charge is 2.08. The predicted molar refractivity (Wildman–Crippen MR) is 67.4 cm³/mol. The molecule has 0 aromatic carbocycles. The van der Waals surface area contributed by atoms with Crippen LogP contribution in [0.3, 0.4) is 0 Å². The molecule has 17 heavy (non-hydrogen) atoms. The normalized spacial score (nSPS) is 12.1. The first-order valence-electron chi connectivity index (χ1n) is 5.06. The Balaban J connectivity index is 1.95. The Bertz CT molecular complexity index is 480. The van der Waals surface area contributed by atoms with Crippen molar-refractivity contribution in [2.75, 3.05) is 11.9 Å². The molecule has 0 spiro atoms. The number of halogens is 1. The first-order chi connectivity index (χ1) is 8.25. The molecular formula is C11H11BrN4O. The lowest BCUT2D eigenvalue weighted by atomic mass is 10.2. The molecule has 6 heteroatoms. The zero-order valence-electron chi connectivity index (χ0n) is 8.92. The van der Waals surface area contributed by atoms with Crippen molar-refractivity contribution in [3.8, 4) is 0 Å². The summed E-state index contributed by atoms with van der Waals surface area (Å²) in [4.78, 5) is 12.2. The van der Waals surface area contributed by atoms with E-state index in [0.29, 0.717) is 22.7 Å². The van der Waals surface area contributed by atoms with Crippen LogP contribution in [-0.2, 0) is 0 Å². The van der Waals surface area contributed by atoms with E-state index in [0.717, 1.165) is 0 Å². The number of aromatic nitrogens is 3. The molecular weight excluding hydrogens is 284 g/mol. The third-order valence-corrected chi connectivity index (χ3v) is 2.49. The maximum Gasteiger partial charge on any atom is 0.145 e. The quantitative estimate of drug-likeness (QED) is 0.899. The highest BCUT2D eigenvalue weighted by molar-refractivity contribution is 9.10. The van der Waals surface area contributed by atoms with Gasteiger partial charge in [0.05, 0.1) is 18.1 Å². The van der Waals surface area contributed by atoms with Crippen LogP contribution in [0.15, 0.2) is 41.4 Å².